The topological polar surface area (TPSA) is 15.3 Å². The molecule has 3 rings (SSSR count). The van der Waals surface area contributed by atoms with E-state index < -0.39 is 12.6 Å². The molecule has 0 aliphatic rings. The summed E-state index contributed by atoms with van der Waals surface area (Å²) < 4.78 is 43.7. The van der Waals surface area contributed by atoms with Crippen LogP contribution in [-0.2, 0) is 0 Å². The van der Waals surface area contributed by atoms with Gasteiger partial charge in [0.25, 0.3) is 0 Å². The molecule has 0 saturated carbocycles. The minimum absolute atomic E-state index is 0.104. The van der Waals surface area contributed by atoms with Crippen LogP contribution in [0.1, 0.15) is 6.42 Å². The SMILES string of the molecule is FC(F)(F)CCN(Sc1ccc(NS)cc1)c1cc2ccccc2s1. The lowest BCUT2D eigenvalue weighted by atomic mass is 10.3. The van der Waals surface area contributed by atoms with Gasteiger partial charge >= 0.3 is 6.18 Å². The van der Waals surface area contributed by atoms with Gasteiger partial charge in [0, 0.05) is 21.8 Å². The molecule has 0 spiro atoms. The van der Waals surface area contributed by atoms with Gasteiger partial charge in [-0.25, -0.2) is 0 Å². The van der Waals surface area contributed by atoms with E-state index in [0.717, 1.165) is 25.7 Å². The van der Waals surface area contributed by atoms with Gasteiger partial charge < -0.3 is 9.03 Å². The number of hydrogen-bond donors (Lipinski definition) is 2. The van der Waals surface area contributed by atoms with E-state index >= 15 is 0 Å². The minimum Gasteiger partial charge on any atom is -0.332 e. The lowest BCUT2D eigenvalue weighted by Gasteiger charge is -2.22. The Morgan fingerprint density at radius 3 is 2.44 bits per heavy atom. The van der Waals surface area contributed by atoms with Crippen LogP contribution in [0.2, 0.25) is 0 Å². The van der Waals surface area contributed by atoms with Crippen molar-refractivity contribution in [3.8, 4) is 0 Å². The van der Waals surface area contributed by atoms with Crippen LogP contribution in [0, 0.1) is 0 Å². The number of fused-ring (bicyclic) bond motifs is 1. The van der Waals surface area contributed by atoms with Gasteiger partial charge in [-0.05, 0) is 53.7 Å². The summed E-state index contributed by atoms with van der Waals surface area (Å²) in [6.07, 6.45) is -5.04. The third-order valence-corrected chi connectivity index (χ3v) is 6.05. The molecule has 25 heavy (non-hydrogen) atoms. The van der Waals surface area contributed by atoms with E-state index in [9.17, 15) is 13.2 Å². The highest BCUT2D eigenvalue weighted by Gasteiger charge is 2.28. The first-order chi connectivity index (χ1) is 11.9. The third kappa shape index (κ3) is 4.99. The molecule has 0 fully saturated rings. The molecule has 0 aliphatic heterocycles. The van der Waals surface area contributed by atoms with Crippen molar-refractivity contribution in [3.63, 3.8) is 0 Å². The van der Waals surface area contributed by atoms with Crippen molar-refractivity contribution in [2.45, 2.75) is 17.5 Å². The van der Waals surface area contributed by atoms with Crippen molar-refractivity contribution >= 4 is 56.9 Å². The zero-order chi connectivity index (χ0) is 17.9. The Bertz CT molecular complexity index is 798. The Balaban J connectivity index is 1.85. The zero-order valence-electron chi connectivity index (χ0n) is 13.0. The Morgan fingerprint density at radius 1 is 1.08 bits per heavy atom. The van der Waals surface area contributed by atoms with Crippen LogP contribution in [0.4, 0.5) is 23.9 Å². The van der Waals surface area contributed by atoms with Crippen molar-refractivity contribution in [1.82, 2.24) is 0 Å². The van der Waals surface area contributed by atoms with Gasteiger partial charge in [-0.15, -0.1) is 11.3 Å². The van der Waals surface area contributed by atoms with Gasteiger partial charge in [0.1, 0.15) is 5.00 Å². The van der Waals surface area contributed by atoms with E-state index in [1.807, 2.05) is 54.6 Å². The average molecular weight is 401 g/mol. The molecule has 0 unspecified atom stereocenters. The molecule has 132 valence electrons. The molecule has 0 amide bonds. The summed E-state index contributed by atoms with van der Waals surface area (Å²) in [4.78, 5) is 0.868. The predicted octanol–water partition coefficient (Wildman–Crippen LogP) is 6.62. The second kappa shape index (κ2) is 7.80. The fourth-order valence-electron chi connectivity index (χ4n) is 2.24. The lowest BCUT2D eigenvalue weighted by Crippen LogP contribution is -2.21. The maximum Gasteiger partial charge on any atom is 0.390 e. The molecule has 2 nitrogen and oxygen atoms in total. The summed E-state index contributed by atoms with van der Waals surface area (Å²) in [6.45, 7) is -0.104. The maximum absolute atomic E-state index is 12.7. The summed E-state index contributed by atoms with van der Waals surface area (Å²) in [6, 6.07) is 17.1. The first-order valence-electron chi connectivity index (χ1n) is 7.45. The molecule has 1 N–H and O–H groups in total. The molecule has 0 aliphatic carbocycles. The van der Waals surface area contributed by atoms with Crippen molar-refractivity contribution in [3.05, 3.63) is 54.6 Å². The zero-order valence-corrected chi connectivity index (χ0v) is 15.5. The molecule has 0 radical (unpaired) electrons. The second-order valence-corrected chi connectivity index (χ2v) is 7.70. The number of anilines is 2. The fourth-order valence-corrected chi connectivity index (χ4v) is 4.44. The summed E-state index contributed by atoms with van der Waals surface area (Å²) in [5, 5.41) is 1.85. The predicted molar refractivity (Wildman–Crippen MR) is 105 cm³/mol. The number of nitrogens with zero attached hydrogens (tertiary/aromatic N) is 1. The number of thiol groups is 1. The van der Waals surface area contributed by atoms with Crippen LogP contribution in [-0.4, -0.2) is 12.7 Å². The number of hydrogen-bond acceptors (Lipinski definition) is 5. The van der Waals surface area contributed by atoms with E-state index in [1.165, 1.54) is 23.3 Å². The van der Waals surface area contributed by atoms with E-state index in [2.05, 4.69) is 17.5 Å². The molecule has 1 heterocycles. The summed E-state index contributed by atoms with van der Waals surface area (Å²) >= 11 is 6.78. The number of benzene rings is 2. The van der Waals surface area contributed by atoms with Crippen LogP contribution < -0.4 is 9.03 Å². The van der Waals surface area contributed by atoms with E-state index in [1.54, 1.807) is 4.31 Å². The van der Waals surface area contributed by atoms with E-state index in [4.69, 9.17) is 0 Å². The Hall–Kier alpha value is -1.51. The molecule has 3 aromatic rings. The summed E-state index contributed by atoms with van der Waals surface area (Å²) in [7, 11) is 0. The summed E-state index contributed by atoms with van der Waals surface area (Å²) in [5.74, 6) is 0. The molecular formula is C17H15F3N2S3. The van der Waals surface area contributed by atoms with E-state index in [-0.39, 0.29) is 6.54 Å². The van der Waals surface area contributed by atoms with Gasteiger partial charge in [-0.1, -0.05) is 31.0 Å². The maximum atomic E-state index is 12.7. The highest BCUT2D eigenvalue weighted by molar-refractivity contribution is 8.00. The normalized spacial score (nSPS) is 11.7. The van der Waals surface area contributed by atoms with Gasteiger partial charge in [0.2, 0.25) is 0 Å². The average Bonchev–Trinajstić information content (AvgIpc) is 3.02. The van der Waals surface area contributed by atoms with Crippen molar-refractivity contribution in [2.24, 2.45) is 0 Å². The molecule has 1 aromatic heterocycles. The van der Waals surface area contributed by atoms with Crippen LogP contribution in [0.5, 0.6) is 0 Å². The number of thiophene rings is 1. The highest BCUT2D eigenvalue weighted by atomic mass is 32.2. The van der Waals surface area contributed by atoms with Crippen molar-refractivity contribution in [2.75, 3.05) is 15.6 Å². The van der Waals surface area contributed by atoms with Crippen LogP contribution in [0.3, 0.4) is 0 Å². The quantitative estimate of drug-likeness (QED) is 0.357. The third-order valence-electron chi connectivity index (χ3n) is 3.46. The Labute approximate surface area is 157 Å². The summed E-state index contributed by atoms with van der Waals surface area (Å²) in [5.41, 5.74) is 0.830. The van der Waals surface area contributed by atoms with Gasteiger partial charge in [-0.3, -0.25) is 0 Å². The number of halogens is 3. The van der Waals surface area contributed by atoms with Gasteiger partial charge in [-0.2, -0.15) is 13.2 Å². The first kappa shape index (κ1) is 18.3. The first-order valence-corrected chi connectivity index (χ1v) is 9.49. The Morgan fingerprint density at radius 2 is 1.80 bits per heavy atom. The number of alkyl halides is 3. The van der Waals surface area contributed by atoms with Crippen molar-refractivity contribution in [1.29, 1.82) is 0 Å². The van der Waals surface area contributed by atoms with Crippen molar-refractivity contribution < 1.29 is 13.2 Å². The second-order valence-electron chi connectivity index (χ2n) is 5.32. The van der Waals surface area contributed by atoms with Gasteiger partial charge in [0.15, 0.2) is 0 Å². The Kier molecular flexibility index (Phi) is 5.71. The largest absolute Gasteiger partial charge is 0.390 e. The molecule has 8 heteroatoms. The monoisotopic (exact) mass is 400 g/mol. The minimum atomic E-state index is -4.19. The highest BCUT2D eigenvalue weighted by Crippen LogP contribution is 2.39. The number of nitrogens with one attached hydrogen (secondary N) is 1. The standard InChI is InChI=1S/C17H15F3N2S3/c18-17(19,20)9-10-22(25-14-7-5-13(21-23)6-8-14)16-11-12-3-1-2-4-15(12)24-16/h1-8,11,21,23H,9-10H2. The van der Waals surface area contributed by atoms with Crippen LogP contribution in [0.15, 0.2) is 59.5 Å². The van der Waals surface area contributed by atoms with Crippen LogP contribution >= 0.6 is 36.1 Å². The molecular weight excluding hydrogens is 385 g/mol. The van der Waals surface area contributed by atoms with Gasteiger partial charge in [0.05, 0.1) is 6.42 Å². The molecule has 0 saturated heterocycles. The number of rotatable bonds is 6. The van der Waals surface area contributed by atoms with Crippen LogP contribution in [0.25, 0.3) is 10.1 Å². The fraction of sp³-hybridized carbons (Fsp3) is 0.176. The molecule has 2 aromatic carbocycles. The molecule has 0 atom stereocenters. The molecule has 0 bridgehead atoms. The smallest absolute Gasteiger partial charge is 0.332 e. The van der Waals surface area contributed by atoms with E-state index in [0.29, 0.717) is 0 Å². The lowest BCUT2D eigenvalue weighted by molar-refractivity contribution is -0.131.